The number of anilines is 1. The van der Waals surface area contributed by atoms with Gasteiger partial charge in [0.2, 0.25) is 5.91 Å². The summed E-state index contributed by atoms with van der Waals surface area (Å²) in [5, 5.41) is 3.05. The molecule has 0 bridgehead atoms. The predicted octanol–water partition coefficient (Wildman–Crippen LogP) is 4.62. The van der Waals surface area contributed by atoms with E-state index in [1.165, 1.54) is 19.2 Å². The van der Waals surface area contributed by atoms with Gasteiger partial charge in [0, 0.05) is 18.1 Å². The molecule has 3 aromatic carbocycles. The molecule has 1 N–H and O–H groups in total. The molecule has 1 atom stereocenters. The first-order valence-corrected chi connectivity index (χ1v) is 12.8. The maximum atomic E-state index is 13.6. The van der Waals surface area contributed by atoms with Crippen LogP contribution in [0.3, 0.4) is 0 Å². The van der Waals surface area contributed by atoms with Crippen molar-refractivity contribution < 1.29 is 22.7 Å². The monoisotopic (exact) mass is 494 g/mol. The molecule has 7 nitrogen and oxygen atoms in total. The number of amides is 1. The second kappa shape index (κ2) is 9.62. The Balaban J connectivity index is 1.66. The number of sulfonamides is 1. The van der Waals surface area contributed by atoms with Crippen molar-refractivity contribution in [3.05, 3.63) is 83.9 Å². The lowest BCUT2D eigenvalue weighted by molar-refractivity contribution is -0.120. The molecule has 1 aliphatic heterocycles. The average Bonchev–Trinajstić information content (AvgIpc) is 2.82. The van der Waals surface area contributed by atoms with E-state index < -0.39 is 21.5 Å². The third-order valence-corrected chi connectivity index (χ3v) is 7.71. The Kier molecular flexibility index (Phi) is 6.76. The van der Waals surface area contributed by atoms with Crippen molar-refractivity contribution in [1.82, 2.24) is 5.32 Å². The van der Waals surface area contributed by atoms with E-state index in [1.54, 1.807) is 42.5 Å². The Labute approximate surface area is 206 Å². The molecular weight excluding hydrogens is 464 g/mol. The van der Waals surface area contributed by atoms with Crippen LogP contribution in [0, 0.1) is 6.92 Å². The zero-order valence-corrected chi connectivity index (χ0v) is 21.1. The summed E-state index contributed by atoms with van der Waals surface area (Å²) < 4.78 is 39.7. The number of methoxy groups -OCH3 is 1. The zero-order valence-electron chi connectivity index (χ0n) is 20.3. The van der Waals surface area contributed by atoms with Crippen LogP contribution in [-0.2, 0) is 14.8 Å². The summed E-state index contributed by atoms with van der Waals surface area (Å²) >= 11 is 0. The van der Waals surface area contributed by atoms with Gasteiger partial charge in [0.15, 0.2) is 0 Å². The second-order valence-electron chi connectivity index (χ2n) is 9.25. The van der Waals surface area contributed by atoms with Gasteiger partial charge < -0.3 is 14.8 Å². The predicted molar refractivity (Wildman–Crippen MR) is 135 cm³/mol. The summed E-state index contributed by atoms with van der Waals surface area (Å²) in [5.74, 6) is 0.807. The Morgan fingerprint density at radius 2 is 1.83 bits per heavy atom. The normalized spacial score (nSPS) is 16.5. The highest BCUT2D eigenvalue weighted by Crippen LogP contribution is 2.40. The van der Waals surface area contributed by atoms with Crippen LogP contribution in [0.5, 0.6) is 11.5 Å². The van der Waals surface area contributed by atoms with Crippen LogP contribution in [0.2, 0.25) is 0 Å². The number of carbonyl (C=O) groups is 1. The Hall–Kier alpha value is -3.52. The van der Waals surface area contributed by atoms with Crippen molar-refractivity contribution in [2.24, 2.45) is 0 Å². The number of aryl methyl sites for hydroxylation is 1. The number of rotatable bonds is 7. The largest absolute Gasteiger partial charge is 0.497 e. The van der Waals surface area contributed by atoms with Gasteiger partial charge in [0.05, 0.1) is 23.7 Å². The van der Waals surface area contributed by atoms with Crippen LogP contribution in [-0.4, -0.2) is 33.6 Å². The molecule has 3 aromatic rings. The van der Waals surface area contributed by atoms with Gasteiger partial charge >= 0.3 is 0 Å². The van der Waals surface area contributed by atoms with E-state index in [1.807, 2.05) is 39.0 Å². The van der Waals surface area contributed by atoms with Gasteiger partial charge in [-0.2, -0.15) is 0 Å². The molecular formula is C27H30N2O5S. The van der Waals surface area contributed by atoms with Gasteiger partial charge in [-0.1, -0.05) is 36.4 Å². The van der Waals surface area contributed by atoms with Crippen LogP contribution in [0.25, 0.3) is 0 Å². The van der Waals surface area contributed by atoms with Gasteiger partial charge in [0.25, 0.3) is 10.0 Å². The molecule has 0 saturated carbocycles. The molecule has 8 heteroatoms. The van der Waals surface area contributed by atoms with Gasteiger partial charge in [0.1, 0.15) is 23.6 Å². The first kappa shape index (κ1) is 24.6. The van der Waals surface area contributed by atoms with E-state index in [0.717, 1.165) is 21.2 Å². The lowest BCUT2D eigenvalue weighted by Gasteiger charge is -2.38. The minimum atomic E-state index is -4.01. The van der Waals surface area contributed by atoms with Crippen LogP contribution in [0.4, 0.5) is 5.69 Å². The van der Waals surface area contributed by atoms with Crippen molar-refractivity contribution >= 4 is 21.6 Å². The maximum Gasteiger partial charge on any atom is 0.264 e. The molecule has 1 amide bonds. The van der Waals surface area contributed by atoms with E-state index in [2.05, 4.69) is 5.32 Å². The number of nitrogens with zero attached hydrogens (tertiary/aromatic N) is 1. The Bertz CT molecular complexity index is 1320. The molecule has 1 aliphatic rings. The molecule has 35 heavy (non-hydrogen) atoms. The first-order valence-electron chi connectivity index (χ1n) is 11.4. The van der Waals surface area contributed by atoms with Crippen LogP contribution in [0.1, 0.15) is 37.4 Å². The Morgan fingerprint density at radius 3 is 2.54 bits per heavy atom. The molecule has 184 valence electrons. The number of ether oxygens (including phenoxy) is 2. The third-order valence-electron chi connectivity index (χ3n) is 5.92. The average molecular weight is 495 g/mol. The molecule has 1 unspecified atom stereocenters. The number of hydrogen-bond donors (Lipinski definition) is 1. The molecule has 0 saturated heterocycles. The number of hydrogen-bond acceptors (Lipinski definition) is 5. The fourth-order valence-electron chi connectivity index (χ4n) is 4.26. The standard InChI is InChI=1S/C27H30N2O5S/c1-19-13-14-23-24(17-27(2,3)34-25(23)15-19)28-26(30)18-29(20-9-8-10-21(16-20)33-4)35(31,32)22-11-6-5-7-12-22/h5-16,24H,17-18H2,1-4H3,(H,28,30). The fourth-order valence-corrected chi connectivity index (χ4v) is 5.69. The van der Waals surface area contributed by atoms with Crippen molar-refractivity contribution in [3.8, 4) is 11.5 Å². The highest BCUT2D eigenvalue weighted by Gasteiger charge is 2.35. The highest BCUT2D eigenvalue weighted by atomic mass is 32.2. The first-order chi connectivity index (χ1) is 16.6. The third kappa shape index (κ3) is 5.43. The SMILES string of the molecule is COc1cccc(N(CC(=O)NC2CC(C)(C)Oc3cc(C)ccc32)S(=O)(=O)c2ccccc2)c1. The summed E-state index contributed by atoms with van der Waals surface area (Å²) in [6, 6.07) is 20.3. The molecule has 0 fully saturated rings. The van der Waals surface area contributed by atoms with Gasteiger partial charge in [-0.15, -0.1) is 0 Å². The molecule has 1 heterocycles. The summed E-state index contributed by atoms with van der Waals surface area (Å²) in [6.07, 6.45) is 0.555. The van der Waals surface area contributed by atoms with Gasteiger partial charge in [-0.05, 0) is 56.7 Å². The van der Waals surface area contributed by atoms with Crippen molar-refractivity contribution in [3.63, 3.8) is 0 Å². The smallest absolute Gasteiger partial charge is 0.264 e. The van der Waals surface area contributed by atoms with Gasteiger partial charge in [-0.3, -0.25) is 9.10 Å². The van der Waals surface area contributed by atoms with Crippen LogP contribution >= 0.6 is 0 Å². The maximum absolute atomic E-state index is 13.6. The van der Waals surface area contributed by atoms with E-state index in [4.69, 9.17) is 9.47 Å². The zero-order chi connectivity index (χ0) is 25.2. The quantitative estimate of drug-likeness (QED) is 0.518. The Morgan fingerprint density at radius 1 is 1.09 bits per heavy atom. The summed E-state index contributed by atoms with van der Waals surface area (Å²) in [5.41, 5.74) is 1.79. The van der Waals surface area contributed by atoms with E-state index >= 15 is 0 Å². The van der Waals surface area contributed by atoms with Crippen molar-refractivity contribution in [1.29, 1.82) is 0 Å². The number of benzene rings is 3. The van der Waals surface area contributed by atoms with Crippen LogP contribution < -0.4 is 19.1 Å². The van der Waals surface area contributed by atoms with Gasteiger partial charge in [-0.25, -0.2) is 8.42 Å². The fraction of sp³-hybridized carbons (Fsp3) is 0.296. The van der Waals surface area contributed by atoms with Crippen molar-refractivity contribution in [2.45, 2.75) is 43.7 Å². The summed E-state index contributed by atoms with van der Waals surface area (Å²) in [6.45, 7) is 5.54. The van der Waals surface area contributed by atoms with Crippen LogP contribution in [0.15, 0.2) is 77.7 Å². The van der Waals surface area contributed by atoms with E-state index in [9.17, 15) is 13.2 Å². The van der Waals surface area contributed by atoms with Crippen molar-refractivity contribution in [2.75, 3.05) is 18.0 Å². The highest BCUT2D eigenvalue weighted by molar-refractivity contribution is 7.92. The molecule has 0 aromatic heterocycles. The summed E-state index contributed by atoms with van der Waals surface area (Å²) in [7, 11) is -2.50. The summed E-state index contributed by atoms with van der Waals surface area (Å²) in [4.78, 5) is 13.4. The lowest BCUT2D eigenvalue weighted by Crippen LogP contribution is -2.45. The van der Waals surface area contributed by atoms with E-state index in [-0.39, 0.29) is 17.5 Å². The van der Waals surface area contributed by atoms with E-state index in [0.29, 0.717) is 17.9 Å². The lowest BCUT2D eigenvalue weighted by atomic mass is 9.89. The number of nitrogens with one attached hydrogen (secondary N) is 1. The number of fused-ring (bicyclic) bond motifs is 1. The molecule has 0 spiro atoms. The second-order valence-corrected chi connectivity index (χ2v) is 11.1. The minimum Gasteiger partial charge on any atom is -0.497 e. The topological polar surface area (TPSA) is 84.9 Å². The molecule has 0 aliphatic carbocycles. The molecule has 0 radical (unpaired) electrons. The minimum absolute atomic E-state index is 0.101. The molecule has 4 rings (SSSR count). The number of carbonyl (C=O) groups excluding carboxylic acids is 1.